The normalized spacial score (nSPS) is 37.1. The molecule has 2 rings (SSSR count). The van der Waals surface area contributed by atoms with Gasteiger partial charge in [-0.15, -0.1) is 0 Å². The highest BCUT2D eigenvalue weighted by molar-refractivity contribution is 5.96. The maximum Gasteiger partial charge on any atom is 0.137 e. The Bertz CT molecular complexity index is 291. The molecule has 76 valence electrons. The number of ketones is 2. The molecule has 0 amide bonds. The summed E-state index contributed by atoms with van der Waals surface area (Å²) in [5.41, 5.74) is 0. The van der Waals surface area contributed by atoms with Gasteiger partial charge < -0.3 is 0 Å². The van der Waals surface area contributed by atoms with Gasteiger partial charge in [-0.2, -0.15) is 0 Å². The minimum atomic E-state index is 0.00574. The number of hydrogen-bond acceptors (Lipinski definition) is 2. The highest BCUT2D eigenvalue weighted by Gasteiger charge is 2.41. The minimum Gasteiger partial charge on any atom is -0.299 e. The Morgan fingerprint density at radius 1 is 1.29 bits per heavy atom. The summed E-state index contributed by atoms with van der Waals surface area (Å²) < 4.78 is 0. The van der Waals surface area contributed by atoms with E-state index < -0.39 is 0 Å². The van der Waals surface area contributed by atoms with Gasteiger partial charge in [-0.3, -0.25) is 9.59 Å². The molecule has 0 saturated heterocycles. The van der Waals surface area contributed by atoms with Crippen LogP contribution in [0.2, 0.25) is 0 Å². The van der Waals surface area contributed by atoms with E-state index in [0.29, 0.717) is 30.3 Å². The fraction of sp³-hybridized carbons (Fsp3) is 0.667. The minimum absolute atomic E-state index is 0.00574. The lowest BCUT2D eigenvalue weighted by Crippen LogP contribution is -2.40. The molecule has 0 radical (unpaired) electrons. The molecular formula is C12H16O2. The molecule has 2 heteroatoms. The fourth-order valence-electron chi connectivity index (χ4n) is 2.75. The Hall–Kier alpha value is -0.920. The number of fused-ring (bicyclic) bond motifs is 1. The summed E-state index contributed by atoms with van der Waals surface area (Å²) in [4.78, 5) is 23.4. The SMILES string of the molecule is CCC1C=CCC2C(=O)CCC(=O)C12. The van der Waals surface area contributed by atoms with Crippen molar-refractivity contribution in [2.24, 2.45) is 17.8 Å². The Kier molecular flexibility index (Phi) is 2.53. The predicted octanol–water partition coefficient (Wildman–Crippen LogP) is 2.14. The van der Waals surface area contributed by atoms with Crippen LogP contribution < -0.4 is 0 Å². The van der Waals surface area contributed by atoms with E-state index in [-0.39, 0.29) is 11.8 Å². The molecule has 0 aromatic rings. The highest BCUT2D eigenvalue weighted by atomic mass is 16.1. The molecule has 0 N–H and O–H groups in total. The van der Waals surface area contributed by atoms with Crippen LogP contribution >= 0.6 is 0 Å². The van der Waals surface area contributed by atoms with Crippen molar-refractivity contribution in [3.63, 3.8) is 0 Å². The van der Waals surface area contributed by atoms with Crippen LogP contribution in [0.1, 0.15) is 32.6 Å². The molecule has 3 atom stereocenters. The van der Waals surface area contributed by atoms with Crippen LogP contribution in [0.3, 0.4) is 0 Å². The average molecular weight is 192 g/mol. The molecule has 0 aromatic carbocycles. The zero-order valence-electron chi connectivity index (χ0n) is 8.53. The standard InChI is InChI=1S/C12H16O2/c1-2-8-4-3-5-9-10(13)6-7-11(14)12(8)9/h3-4,8-9,12H,2,5-7H2,1H3. The average Bonchev–Trinajstić information content (AvgIpc) is 2.23. The van der Waals surface area contributed by atoms with E-state index in [1.54, 1.807) is 0 Å². The monoisotopic (exact) mass is 192 g/mol. The third-order valence-corrected chi connectivity index (χ3v) is 3.54. The maximum atomic E-state index is 11.8. The van der Waals surface area contributed by atoms with Gasteiger partial charge in [0, 0.05) is 24.7 Å². The van der Waals surface area contributed by atoms with E-state index in [0.717, 1.165) is 12.8 Å². The number of Topliss-reactive ketones (excluding diaryl/α,β-unsaturated/α-hetero) is 2. The van der Waals surface area contributed by atoms with Gasteiger partial charge >= 0.3 is 0 Å². The van der Waals surface area contributed by atoms with Crippen LogP contribution in [0.4, 0.5) is 0 Å². The van der Waals surface area contributed by atoms with Gasteiger partial charge in [-0.05, 0) is 18.8 Å². The topological polar surface area (TPSA) is 34.1 Å². The lowest BCUT2D eigenvalue weighted by molar-refractivity contribution is -0.139. The van der Waals surface area contributed by atoms with Crippen molar-refractivity contribution < 1.29 is 9.59 Å². The number of rotatable bonds is 1. The van der Waals surface area contributed by atoms with E-state index in [9.17, 15) is 9.59 Å². The van der Waals surface area contributed by atoms with Gasteiger partial charge in [0.25, 0.3) is 0 Å². The van der Waals surface area contributed by atoms with Gasteiger partial charge in [0.1, 0.15) is 11.6 Å². The smallest absolute Gasteiger partial charge is 0.137 e. The Balaban J connectivity index is 2.27. The summed E-state index contributed by atoms with van der Waals surface area (Å²) in [5, 5.41) is 0. The molecule has 0 heterocycles. The maximum absolute atomic E-state index is 11.8. The number of carbonyl (C=O) groups excluding carboxylic acids is 2. The van der Waals surface area contributed by atoms with Gasteiger partial charge in [0.2, 0.25) is 0 Å². The van der Waals surface area contributed by atoms with Crippen LogP contribution in [0.25, 0.3) is 0 Å². The van der Waals surface area contributed by atoms with Gasteiger partial charge in [-0.1, -0.05) is 19.1 Å². The molecule has 2 aliphatic rings. The molecule has 0 bridgehead atoms. The molecule has 0 spiro atoms. The summed E-state index contributed by atoms with van der Waals surface area (Å²) >= 11 is 0. The second-order valence-electron chi connectivity index (χ2n) is 4.30. The van der Waals surface area contributed by atoms with Crippen LogP contribution in [-0.4, -0.2) is 11.6 Å². The second-order valence-corrected chi connectivity index (χ2v) is 4.30. The Morgan fingerprint density at radius 2 is 2.00 bits per heavy atom. The highest BCUT2D eigenvalue weighted by Crippen LogP contribution is 2.38. The second kappa shape index (κ2) is 3.68. The first-order valence-electron chi connectivity index (χ1n) is 5.46. The number of hydrogen-bond donors (Lipinski definition) is 0. The van der Waals surface area contributed by atoms with Crippen molar-refractivity contribution in [1.82, 2.24) is 0 Å². The molecule has 1 fully saturated rings. The molecule has 0 aromatic heterocycles. The lowest BCUT2D eigenvalue weighted by atomic mass is 9.66. The third kappa shape index (κ3) is 1.43. The quantitative estimate of drug-likeness (QED) is 0.596. The molecule has 14 heavy (non-hydrogen) atoms. The first-order valence-corrected chi connectivity index (χ1v) is 5.46. The Labute approximate surface area is 84.4 Å². The van der Waals surface area contributed by atoms with Gasteiger partial charge in [0.05, 0.1) is 0 Å². The molecule has 0 aliphatic heterocycles. The molecular weight excluding hydrogens is 176 g/mol. The lowest BCUT2D eigenvalue weighted by Gasteiger charge is -2.35. The van der Waals surface area contributed by atoms with E-state index in [1.807, 2.05) is 0 Å². The van der Waals surface area contributed by atoms with E-state index in [2.05, 4.69) is 19.1 Å². The zero-order valence-corrected chi connectivity index (χ0v) is 8.53. The summed E-state index contributed by atoms with van der Waals surface area (Å²) in [5.74, 6) is 0.936. The molecule has 2 aliphatic carbocycles. The first-order chi connectivity index (χ1) is 6.74. The van der Waals surface area contributed by atoms with Crippen molar-refractivity contribution >= 4 is 11.6 Å². The van der Waals surface area contributed by atoms with Crippen molar-refractivity contribution in [2.75, 3.05) is 0 Å². The first kappa shape index (κ1) is 9.63. The van der Waals surface area contributed by atoms with Crippen LogP contribution in [0.5, 0.6) is 0 Å². The van der Waals surface area contributed by atoms with Crippen LogP contribution in [0.15, 0.2) is 12.2 Å². The van der Waals surface area contributed by atoms with E-state index in [4.69, 9.17) is 0 Å². The third-order valence-electron chi connectivity index (χ3n) is 3.54. The van der Waals surface area contributed by atoms with Gasteiger partial charge in [-0.25, -0.2) is 0 Å². The van der Waals surface area contributed by atoms with Crippen molar-refractivity contribution in [2.45, 2.75) is 32.6 Å². The van der Waals surface area contributed by atoms with Crippen LogP contribution in [-0.2, 0) is 9.59 Å². The van der Waals surface area contributed by atoms with Crippen molar-refractivity contribution in [3.05, 3.63) is 12.2 Å². The number of carbonyl (C=O) groups is 2. The largest absolute Gasteiger partial charge is 0.299 e. The summed E-state index contributed by atoms with van der Waals surface area (Å²) in [7, 11) is 0. The van der Waals surface area contributed by atoms with E-state index >= 15 is 0 Å². The zero-order chi connectivity index (χ0) is 10.1. The van der Waals surface area contributed by atoms with Crippen LogP contribution in [0, 0.1) is 17.8 Å². The Morgan fingerprint density at radius 3 is 2.71 bits per heavy atom. The van der Waals surface area contributed by atoms with Crippen molar-refractivity contribution in [1.29, 1.82) is 0 Å². The summed E-state index contributed by atoms with van der Waals surface area (Å²) in [6.07, 6.45) is 6.90. The summed E-state index contributed by atoms with van der Waals surface area (Å²) in [6.45, 7) is 2.09. The molecule has 1 saturated carbocycles. The predicted molar refractivity (Wildman–Crippen MR) is 53.8 cm³/mol. The summed E-state index contributed by atoms with van der Waals surface area (Å²) in [6, 6.07) is 0. The van der Waals surface area contributed by atoms with Crippen molar-refractivity contribution in [3.8, 4) is 0 Å². The fourth-order valence-corrected chi connectivity index (χ4v) is 2.75. The molecule has 3 unspecified atom stereocenters. The number of allylic oxidation sites excluding steroid dienone is 2. The molecule has 2 nitrogen and oxygen atoms in total. The van der Waals surface area contributed by atoms with Gasteiger partial charge in [0.15, 0.2) is 0 Å². The van der Waals surface area contributed by atoms with E-state index in [1.165, 1.54) is 0 Å².